The number of amidine groups is 1. The molecule has 1 rings (SSSR count). The monoisotopic (exact) mass is 169 g/mol. The third kappa shape index (κ3) is 2.70. The van der Waals surface area contributed by atoms with E-state index >= 15 is 0 Å². The van der Waals surface area contributed by atoms with Gasteiger partial charge in [-0.1, -0.05) is 0 Å². The fraction of sp³-hybridized carbons (Fsp3) is 0.875. The molecule has 0 fully saturated rings. The summed E-state index contributed by atoms with van der Waals surface area (Å²) in [6.07, 6.45) is -0.0590. The van der Waals surface area contributed by atoms with Crippen LogP contribution in [-0.4, -0.2) is 24.2 Å². The molecular weight excluding hydrogens is 154 g/mol. The van der Waals surface area contributed by atoms with E-state index in [-0.39, 0.29) is 11.7 Å². The molecule has 1 aliphatic rings. The molecule has 0 bridgehead atoms. The number of nitrogens with zero attached hydrogens (tertiary/aromatic N) is 3. The van der Waals surface area contributed by atoms with Crippen LogP contribution in [0.3, 0.4) is 0 Å². The largest absolute Gasteiger partial charge is 0.365 e. The summed E-state index contributed by atoms with van der Waals surface area (Å²) in [6.45, 7) is 8.42. The Kier molecular flexibility index (Phi) is 2.57. The number of hydrogen-bond acceptors (Lipinski definition) is 4. The predicted molar refractivity (Wildman–Crippen MR) is 47.5 cm³/mol. The molecule has 12 heavy (non-hydrogen) atoms. The highest BCUT2D eigenvalue weighted by Gasteiger charge is 2.20. The third-order valence-electron chi connectivity index (χ3n) is 1.36. The van der Waals surface area contributed by atoms with Gasteiger partial charge in [-0.2, -0.15) is 5.11 Å². The van der Waals surface area contributed by atoms with Gasteiger partial charge in [-0.15, -0.1) is 5.11 Å². The van der Waals surface area contributed by atoms with Gasteiger partial charge in [-0.05, 0) is 27.7 Å². The minimum atomic E-state index is -0.153. The lowest BCUT2D eigenvalue weighted by Gasteiger charge is -2.23. The second kappa shape index (κ2) is 3.31. The molecule has 0 aromatic rings. The summed E-state index contributed by atoms with van der Waals surface area (Å²) in [5, 5.41) is 7.63. The van der Waals surface area contributed by atoms with E-state index in [0.29, 0.717) is 12.5 Å². The summed E-state index contributed by atoms with van der Waals surface area (Å²) >= 11 is 0. The van der Waals surface area contributed by atoms with Crippen LogP contribution < -0.4 is 0 Å². The summed E-state index contributed by atoms with van der Waals surface area (Å²) in [5.41, 5.74) is -0.153. The van der Waals surface area contributed by atoms with Gasteiger partial charge in [0.05, 0.1) is 5.60 Å². The van der Waals surface area contributed by atoms with Crippen molar-refractivity contribution >= 4 is 5.84 Å². The second-order valence-corrected chi connectivity index (χ2v) is 3.77. The molecule has 0 N–H and O–H groups in total. The molecule has 1 atom stereocenters. The zero-order chi connectivity index (χ0) is 9.19. The lowest BCUT2D eigenvalue weighted by atomic mass is 10.2. The van der Waals surface area contributed by atoms with Gasteiger partial charge < -0.3 is 4.74 Å². The van der Waals surface area contributed by atoms with Gasteiger partial charge in [0.15, 0.2) is 12.5 Å². The van der Waals surface area contributed by atoms with E-state index in [4.69, 9.17) is 4.74 Å². The van der Waals surface area contributed by atoms with E-state index in [0.717, 1.165) is 0 Å². The fourth-order valence-corrected chi connectivity index (χ4v) is 1.03. The van der Waals surface area contributed by atoms with Crippen LogP contribution in [0.4, 0.5) is 0 Å². The first-order chi connectivity index (χ1) is 5.49. The lowest BCUT2D eigenvalue weighted by Crippen LogP contribution is -2.29. The first-order valence-electron chi connectivity index (χ1n) is 4.09. The maximum atomic E-state index is 5.64. The lowest BCUT2D eigenvalue weighted by molar-refractivity contribution is -0.0218. The summed E-state index contributed by atoms with van der Waals surface area (Å²) < 4.78 is 5.64. The first-order valence-corrected chi connectivity index (χ1v) is 4.09. The molecule has 0 aliphatic carbocycles. The van der Waals surface area contributed by atoms with Gasteiger partial charge in [-0.3, -0.25) is 0 Å². The van der Waals surface area contributed by atoms with Gasteiger partial charge >= 0.3 is 0 Å². The molecule has 4 nitrogen and oxygen atoms in total. The van der Waals surface area contributed by atoms with Crippen LogP contribution in [0.25, 0.3) is 0 Å². The topological polar surface area (TPSA) is 46.3 Å². The van der Waals surface area contributed by atoms with Crippen LogP contribution in [0.15, 0.2) is 15.2 Å². The standard InChI is InChI=1S/C8H15N3O/c1-6(12-8(2,3)4)7-9-5-10-11-7/h6H,5H2,1-4H3. The van der Waals surface area contributed by atoms with Crippen LogP contribution in [0.5, 0.6) is 0 Å². The van der Waals surface area contributed by atoms with Crippen LogP contribution >= 0.6 is 0 Å². The number of rotatable bonds is 2. The zero-order valence-electron chi connectivity index (χ0n) is 8.03. The Morgan fingerprint density at radius 3 is 2.50 bits per heavy atom. The highest BCUT2D eigenvalue weighted by Crippen LogP contribution is 2.13. The van der Waals surface area contributed by atoms with Crippen molar-refractivity contribution < 1.29 is 4.74 Å². The normalized spacial score (nSPS) is 19.5. The van der Waals surface area contributed by atoms with Crippen molar-refractivity contribution in [2.75, 3.05) is 6.67 Å². The maximum Gasteiger partial charge on any atom is 0.176 e. The van der Waals surface area contributed by atoms with Gasteiger partial charge in [-0.25, -0.2) is 4.99 Å². The van der Waals surface area contributed by atoms with Gasteiger partial charge in [0.1, 0.15) is 6.10 Å². The van der Waals surface area contributed by atoms with Crippen molar-refractivity contribution in [3.05, 3.63) is 0 Å². The molecule has 0 saturated heterocycles. The van der Waals surface area contributed by atoms with Crippen LogP contribution in [0, 0.1) is 0 Å². The van der Waals surface area contributed by atoms with Crippen molar-refractivity contribution in [1.29, 1.82) is 0 Å². The van der Waals surface area contributed by atoms with Crippen molar-refractivity contribution in [1.82, 2.24) is 0 Å². The SMILES string of the molecule is CC(OC(C)(C)C)C1=NCN=N1. The van der Waals surface area contributed by atoms with E-state index in [9.17, 15) is 0 Å². The summed E-state index contributed by atoms with van der Waals surface area (Å²) in [5.74, 6) is 0.699. The molecule has 0 aromatic carbocycles. The smallest absolute Gasteiger partial charge is 0.176 e. The van der Waals surface area contributed by atoms with Crippen molar-refractivity contribution in [3.63, 3.8) is 0 Å². The van der Waals surface area contributed by atoms with Crippen LogP contribution in [-0.2, 0) is 4.74 Å². The highest BCUT2D eigenvalue weighted by molar-refractivity contribution is 5.87. The van der Waals surface area contributed by atoms with E-state index in [1.165, 1.54) is 0 Å². The van der Waals surface area contributed by atoms with E-state index < -0.39 is 0 Å². The van der Waals surface area contributed by atoms with Gasteiger partial charge in [0, 0.05) is 0 Å². The predicted octanol–water partition coefficient (Wildman–Crippen LogP) is 2.01. The van der Waals surface area contributed by atoms with Crippen molar-refractivity contribution in [2.24, 2.45) is 15.2 Å². The highest BCUT2D eigenvalue weighted by atomic mass is 16.5. The van der Waals surface area contributed by atoms with Crippen LogP contribution in [0.2, 0.25) is 0 Å². The summed E-state index contributed by atoms with van der Waals surface area (Å²) in [7, 11) is 0. The summed E-state index contributed by atoms with van der Waals surface area (Å²) in [6, 6.07) is 0. The number of azo groups is 1. The third-order valence-corrected chi connectivity index (χ3v) is 1.36. The van der Waals surface area contributed by atoms with Crippen molar-refractivity contribution in [3.8, 4) is 0 Å². The number of aliphatic imine (C=N–C) groups is 1. The average molecular weight is 169 g/mol. The molecule has 4 heteroatoms. The van der Waals surface area contributed by atoms with Gasteiger partial charge in [0.2, 0.25) is 0 Å². The molecule has 68 valence electrons. The maximum absolute atomic E-state index is 5.64. The summed E-state index contributed by atoms with van der Waals surface area (Å²) in [4.78, 5) is 4.08. The minimum absolute atomic E-state index is 0.0590. The van der Waals surface area contributed by atoms with E-state index in [1.54, 1.807) is 0 Å². The quantitative estimate of drug-likeness (QED) is 0.623. The molecule has 0 amide bonds. The minimum Gasteiger partial charge on any atom is -0.365 e. The molecule has 1 unspecified atom stereocenters. The molecule has 0 aromatic heterocycles. The fourth-order valence-electron chi connectivity index (χ4n) is 1.03. The molecule has 1 aliphatic heterocycles. The number of hydrogen-bond donors (Lipinski definition) is 0. The Morgan fingerprint density at radius 2 is 2.08 bits per heavy atom. The average Bonchev–Trinajstić information content (AvgIpc) is 2.32. The Hall–Kier alpha value is -0.770. The Morgan fingerprint density at radius 1 is 1.42 bits per heavy atom. The molecule has 0 spiro atoms. The zero-order valence-corrected chi connectivity index (χ0v) is 8.03. The van der Waals surface area contributed by atoms with Gasteiger partial charge in [0.25, 0.3) is 0 Å². The molecule has 0 radical (unpaired) electrons. The second-order valence-electron chi connectivity index (χ2n) is 3.77. The Bertz CT molecular complexity index is 215. The number of ether oxygens (including phenoxy) is 1. The Labute approximate surface area is 72.7 Å². The molecular formula is C8H15N3O. The van der Waals surface area contributed by atoms with Crippen molar-refractivity contribution in [2.45, 2.75) is 39.4 Å². The van der Waals surface area contributed by atoms with Crippen LogP contribution in [0.1, 0.15) is 27.7 Å². The van der Waals surface area contributed by atoms with E-state index in [2.05, 4.69) is 15.2 Å². The Balaban J connectivity index is 2.48. The molecule has 1 heterocycles. The first kappa shape index (κ1) is 9.32. The molecule has 0 saturated carbocycles. The van der Waals surface area contributed by atoms with E-state index in [1.807, 2.05) is 27.7 Å².